The minimum Gasteiger partial charge on any atom is -0.335 e. The number of nitrogens with zero attached hydrogens (tertiary/aromatic N) is 1. The summed E-state index contributed by atoms with van der Waals surface area (Å²) in [5.41, 5.74) is 0.742. The van der Waals surface area contributed by atoms with Crippen molar-refractivity contribution >= 4 is 5.91 Å². The number of carbonyl (C=O) groups excluding carboxylic acids is 1. The van der Waals surface area contributed by atoms with Crippen molar-refractivity contribution in [2.45, 2.75) is 46.0 Å². The zero-order valence-electron chi connectivity index (χ0n) is 13.5. The Hall–Kier alpha value is -1.45. The molecule has 4 heteroatoms. The van der Waals surface area contributed by atoms with Gasteiger partial charge in [0.1, 0.15) is 0 Å². The Bertz CT molecular complexity index is 595. The van der Waals surface area contributed by atoms with Crippen LogP contribution in [0.3, 0.4) is 0 Å². The molecule has 0 saturated carbocycles. The standard InChI is InChI=1S/C18H23F2NO/c1-16(2)11-21(12-18(16,19)20)15(22)17(3)9-8-13-6-4-5-7-14(13)10-17/h4-7H,8-12H2,1-3H3. The maximum atomic E-state index is 14.1. The van der Waals surface area contributed by atoms with Crippen molar-refractivity contribution in [3.8, 4) is 0 Å². The molecule has 1 aromatic rings. The number of halogens is 2. The van der Waals surface area contributed by atoms with Crippen LogP contribution >= 0.6 is 0 Å². The van der Waals surface area contributed by atoms with E-state index in [0.29, 0.717) is 6.42 Å². The fourth-order valence-electron chi connectivity index (χ4n) is 3.70. The van der Waals surface area contributed by atoms with E-state index in [2.05, 4.69) is 6.07 Å². The number of amides is 1. The number of fused-ring (bicyclic) bond motifs is 1. The molecule has 3 rings (SSSR count). The second-order valence-electron chi connectivity index (χ2n) is 7.76. The third-order valence-electron chi connectivity index (χ3n) is 5.41. The van der Waals surface area contributed by atoms with E-state index in [1.54, 1.807) is 13.8 Å². The van der Waals surface area contributed by atoms with Crippen LogP contribution in [0, 0.1) is 10.8 Å². The smallest absolute Gasteiger partial charge is 0.271 e. The maximum absolute atomic E-state index is 14.1. The largest absolute Gasteiger partial charge is 0.335 e. The number of aryl methyl sites for hydroxylation is 1. The lowest BCUT2D eigenvalue weighted by atomic mass is 9.72. The number of hydrogen-bond acceptors (Lipinski definition) is 1. The fourth-order valence-corrected chi connectivity index (χ4v) is 3.70. The molecule has 1 atom stereocenters. The Balaban J connectivity index is 1.82. The van der Waals surface area contributed by atoms with E-state index in [4.69, 9.17) is 0 Å². The zero-order chi connectivity index (χ0) is 16.2. The Morgan fingerprint density at radius 3 is 2.32 bits per heavy atom. The highest BCUT2D eigenvalue weighted by molar-refractivity contribution is 5.83. The van der Waals surface area contributed by atoms with Gasteiger partial charge in [-0.25, -0.2) is 8.78 Å². The normalized spacial score (nSPS) is 29.2. The first-order chi connectivity index (χ1) is 10.1. The highest BCUT2D eigenvalue weighted by Crippen LogP contribution is 2.45. The fraction of sp³-hybridized carbons (Fsp3) is 0.611. The predicted octanol–water partition coefficient (Wildman–Crippen LogP) is 3.69. The second kappa shape index (κ2) is 4.77. The molecule has 2 aliphatic rings. The molecule has 22 heavy (non-hydrogen) atoms. The van der Waals surface area contributed by atoms with Crippen LogP contribution < -0.4 is 0 Å². The van der Waals surface area contributed by atoms with E-state index in [1.165, 1.54) is 16.0 Å². The van der Waals surface area contributed by atoms with Gasteiger partial charge in [-0.15, -0.1) is 0 Å². The van der Waals surface area contributed by atoms with E-state index >= 15 is 0 Å². The number of alkyl halides is 2. The molecule has 1 amide bonds. The highest BCUT2D eigenvalue weighted by Gasteiger charge is 2.57. The first kappa shape index (κ1) is 15.4. The average Bonchev–Trinajstić information content (AvgIpc) is 2.66. The first-order valence-corrected chi connectivity index (χ1v) is 7.89. The molecular weight excluding hydrogens is 284 g/mol. The van der Waals surface area contributed by atoms with E-state index in [-0.39, 0.29) is 12.5 Å². The third kappa shape index (κ3) is 2.33. The molecule has 2 nitrogen and oxygen atoms in total. The number of rotatable bonds is 1. The number of hydrogen-bond donors (Lipinski definition) is 0. The predicted molar refractivity (Wildman–Crippen MR) is 81.9 cm³/mol. The average molecular weight is 307 g/mol. The zero-order valence-corrected chi connectivity index (χ0v) is 13.5. The van der Waals surface area contributed by atoms with E-state index in [1.807, 2.05) is 25.1 Å². The van der Waals surface area contributed by atoms with Gasteiger partial charge in [-0.3, -0.25) is 4.79 Å². The summed E-state index contributed by atoms with van der Waals surface area (Å²) in [6.07, 6.45) is 2.21. The molecule has 1 aliphatic carbocycles. The van der Waals surface area contributed by atoms with Crippen LogP contribution in [0.4, 0.5) is 8.78 Å². The van der Waals surface area contributed by atoms with Crippen LogP contribution in [0.25, 0.3) is 0 Å². The van der Waals surface area contributed by atoms with E-state index in [0.717, 1.165) is 12.8 Å². The third-order valence-corrected chi connectivity index (χ3v) is 5.41. The first-order valence-electron chi connectivity index (χ1n) is 7.89. The molecule has 1 aromatic carbocycles. The summed E-state index contributed by atoms with van der Waals surface area (Å²) in [5, 5.41) is 0. The van der Waals surface area contributed by atoms with Crippen molar-refractivity contribution in [1.82, 2.24) is 4.90 Å². The molecule has 0 spiro atoms. The molecule has 0 bridgehead atoms. The molecule has 0 aromatic heterocycles. The highest BCUT2D eigenvalue weighted by atomic mass is 19.3. The van der Waals surface area contributed by atoms with Crippen LogP contribution in [-0.2, 0) is 17.6 Å². The minimum atomic E-state index is -2.81. The van der Waals surface area contributed by atoms with Gasteiger partial charge < -0.3 is 4.90 Å². The molecule has 1 aliphatic heterocycles. The van der Waals surface area contributed by atoms with Gasteiger partial charge in [-0.2, -0.15) is 0 Å². The summed E-state index contributed by atoms with van der Waals surface area (Å²) in [6.45, 7) is 4.69. The van der Waals surface area contributed by atoms with Gasteiger partial charge >= 0.3 is 0 Å². The van der Waals surface area contributed by atoms with Crippen LogP contribution in [0.5, 0.6) is 0 Å². The molecule has 1 fully saturated rings. The molecule has 1 heterocycles. The topological polar surface area (TPSA) is 20.3 Å². The van der Waals surface area contributed by atoms with Crippen LogP contribution in [0.2, 0.25) is 0 Å². The molecule has 1 unspecified atom stereocenters. The van der Waals surface area contributed by atoms with Crippen molar-refractivity contribution in [3.63, 3.8) is 0 Å². The monoisotopic (exact) mass is 307 g/mol. The van der Waals surface area contributed by atoms with Crippen LogP contribution in [0.1, 0.15) is 38.3 Å². The Morgan fingerprint density at radius 2 is 1.73 bits per heavy atom. The van der Waals surface area contributed by atoms with Gasteiger partial charge in [0.25, 0.3) is 5.92 Å². The Morgan fingerprint density at radius 1 is 1.09 bits per heavy atom. The molecule has 0 radical (unpaired) electrons. The molecule has 1 saturated heterocycles. The Kier molecular flexibility index (Phi) is 3.35. The van der Waals surface area contributed by atoms with Crippen molar-refractivity contribution < 1.29 is 13.6 Å². The molecule has 120 valence electrons. The summed E-state index contributed by atoms with van der Waals surface area (Å²) >= 11 is 0. The molecule has 0 N–H and O–H groups in total. The SMILES string of the molecule is CC1(C(=O)N2CC(C)(C)C(F)(F)C2)CCc2ccccc2C1. The van der Waals surface area contributed by atoms with Crippen LogP contribution in [-0.4, -0.2) is 29.8 Å². The van der Waals surface area contributed by atoms with Crippen molar-refractivity contribution in [2.24, 2.45) is 10.8 Å². The summed E-state index contributed by atoms with van der Waals surface area (Å²) in [5.74, 6) is -2.93. The van der Waals surface area contributed by atoms with Gasteiger partial charge in [0.2, 0.25) is 5.91 Å². The number of carbonyl (C=O) groups is 1. The lowest BCUT2D eigenvalue weighted by Gasteiger charge is -2.36. The summed E-state index contributed by atoms with van der Waals surface area (Å²) < 4.78 is 28.1. The Labute approximate surface area is 130 Å². The van der Waals surface area contributed by atoms with Gasteiger partial charge in [-0.1, -0.05) is 45.0 Å². The molecular formula is C18H23F2NO. The van der Waals surface area contributed by atoms with Gasteiger partial charge in [0, 0.05) is 12.0 Å². The summed E-state index contributed by atoms with van der Waals surface area (Å²) in [7, 11) is 0. The number of likely N-dealkylation sites (tertiary alicyclic amines) is 1. The summed E-state index contributed by atoms with van der Waals surface area (Å²) in [4.78, 5) is 14.3. The number of benzene rings is 1. The quantitative estimate of drug-likeness (QED) is 0.775. The lowest BCUT2D eigenvalue weighted by Crippen LogP contribution is -2.45. The second-order valence-corrected chi connectivity index (χ2v) is 7.76. The minimum absolute atomic E-state index is 0.118. The van der Waals surface area contributed by atoms with Crippen molar-refractivity contribution in [3.05, 3.63) is 35.4 Å². The lowest BCUT2D eigenvalue weighted by molar-refractivity contribution is -0.142. The van der Waals surface area contributed by atoms with Crippen molar-refractivity contribution in [2.75, 3.05) is 13.1 Å². The van der Waals surface area contributed by atoms with Gasteiger partial charge in [0.15, 0.2) is 0 Å². The maximum Gasteiger partial charge on any atom is 0.271 e. The van der Waals surface area contributed by atoms with E-state index in [9.17, 15) is 13.6 Å². The van der Waals surface area contributed by atoms with E-state index < -0.39 is 23.3 Å². The van der Waals surface area contributed by atoms with Gasteiger partial charge in [-0.05, 0) is 30.4 Å². The van der Waals surface area contributed by atoms with Crippen LogP contribution in [0.15, 0.2) is 24.3 Å². The summed E-state index contributed by atoms with van der Waals surface area (Å²) in [6, 6.07) is 8.12. The van der Waals surface area contributed by atoms with Gasteiger partial charge in [0.05, 0.1) is 12.0 Å². The van der Waals surface area contributed by atoms with Crippen molar-refractivity contribution in [1.29, 1.82) is 0 Å².